The minimum atomic E-state index is -0.193. The van der Waals surface area contributed by atoms with Crippen LogP contribution in [-0.2, 0) is 6.42 Å². The van der Waals surface area contributed by atoms with Crippen molar-refractivity contribution >= 4 is 17.4 Å². The van der Waals surface area contributed by atoms with Crippen LogP contribution in [0.2, 0.25) is 5.02 Å². The largest absolute Gasteiger partial charge is 0.493 e. The van der Waals surface area contributed by atoms with E-state index in [9.17, 15) is 4.79 Å². The van der Waals surface area contributed by atoms with Crippen molar-refractivity contribution < 1.29 is 18.7 Å². The van der Waals surface area contributed by atoms with Crippen LogP contribution in [0.4, 0.5) is 0 Å². The first-order valence-electron chi connectivity index (χ1n) is 6.15. The van der Waals surface area contributed by atoms with Gasteiger partial charge in [0, 0.05) is 18.1 Å². The molecule has 0 bridgehead atoms. The fraction of sp³-hybridized carbons (Fsp3) is 0.267. The maximum absolute atomic E-state index is 12.5. The van der Waals surface area contributed by atoms with Gasteiger partial charge in [-0.05, 0) is 12.1 Å². The zero-order chi connectivity index (χ0) is 14.7. The summed E-state index contributed by atoms with van der Waals surface area (Å²) in [7, 11) is 3.02. The average molecular weight is 295 g/mol. The number of hydrogen-bond donors (Lipinski definition) is 0. The smallest absolute Gasteiger partial charge is 0.198 e. The molecule has 4 nitrogen and oxygen atoms in total. The summed E-state index contributed by atoms with van der Waals surface area (Å²) in [6.45, 7) is 1.92. The number of benzene rings is 1. The fourth-order valence-electron chi connectivity index (χ4n) is 1.99. The highest BCUT2D eigenvalue weighted by Gasteiger charge is 2.20. The standard InChI is InChI=1S/C15H15ClO4/c1-4-12-9(5-6-20-12)15(17)10-7-13(18-2)14(19-3)8-11(10)16/h5-8H,4H2,1-3H3. The maximum atomic E-state index is 12.5. The lowest BCUT2D eigenvalue weighted by atomic mass is 10.0. The molecular weight excluding hydrogens is 280 g/mol. The Morgan fingerprint density at radius 2 is 1.85 bits per heavy atom. The van der Waals surface area contributed by atoms with Gasteiger partial charge in [-0.3, -0.25) is 4.79 Å². The molecule has 0 aliphatic heterocycles. The Hall–Kier alpha value is -1.94. The third kappa shape index (κ3) is 2.51. The Morgan fingerprint density at radius 3 is 2.45 bits per heavy atom. The SMILES string of the molecule is CCc1occc1C(=O)c1cc(OC)c(OC)cc1Cl. The van der Waals surface area contributed by atoms with E-state index in [1.54, 1.807) is 18.2 Å². The number of rotatable bonds is 5. The van der Waals surface area contributed by atoms with E-state index >= 15 is 0 Å². The van der Waals surface area contributed by atoms with Crippen LogP contribution in [0.15, 0.2) is 28.9 Å². The number of carbonyl (C=O) groups excluding carboxylic acids is 1. The molecule has 0 aliphatic rings. The van der Waals surface area contributed by atoms with Crippen LogP contribution < -0.4 is 9.47 Å². The lowest BCUT2D eigenvalue weighted by Crippen LogP contribution is -2.05. The summed E-state index contributed by atoms with van der Waals surface area (Å²) in [5, 5.41) is 0.316. The molecule has 1 aromatic heterocycles. The van der Waals surface area contributed by atoms with Gasteiger partial charge in [0.05, 0.1) is 31.1 Å². The first-order valence-corrected chi connectivity index (χ1v) is 6.52. The molecule has 1 heterocycles. The molecule has 0 spiro atoms. The van der Waals surface area contributed by atoms with Gasteiger partial charge in [-0.1, -0.05) is 18.5 Å². The molecule has 0 N–H and O–H groups in total. The molecular formula is C15H15ClO4. The predicted octanol–water partition coefficient (Wildman–Crippen LogP) is 3.74. The molecule has 0 saturated heterocycles. The Kier molecular flexibility index (Phi) is 4.35. The highest BCUT2D eigenvalue weighted by atomic mass is 35.5. The number of furan rings is 1. The summed E-state index contributed by atoms with van der Waals surface area (Å²) < 4.78 is 15.6. The normalized spacial score (nSPS) is 10.4. The van der Waals surface area contributed by atoms with Gasteiger partial charge < -0.3 is 13.9 Å². The number of ether oxygens (including phenoxy) is 2. The van der Waals surface area contributed by atoms with Crippen LogP contribution in [0, 0.1) is 0 Å². The number of ketones is 1. The van der Waals surface area contributed by atoms with Crippen LogP contribution in [0.25, 0.3) is 0 Å². The molecule has 2 aromatic rings. The van der Waals surface area contributed by atoms with Crippen LogP contribution in [0.3, 0.4) is 0 Å². The van der Waals surface area contributed by atoms with Gasteiger partial charge in [0.25, 0.3) is 0 Å². The third-order valence-corrected chi connectivity index (χ3v) is 3.34. The van der Waals surface area contributed by atoms with E-state index < -0.39 is 0 Å². The first-order chi connectivity index (χ1) is 9.62. The lowest BCUT2D eigenvalue weighted by molar-refractivity contribution is 0.103. The molecule has 0 aliphatic carbocycles. The van der Waals surface area contributed by atoms with Gasteiger partial charge in [-0.25, -0.2) is 0 Å². The topological polar surface area (TPSA) is 48.7 Å². The van der Waals surface area contributed by atoms with Gasteiger partial charge >= 0.3 is 0 Å². The molecule has 106 valence electrons. The molecule has 0 radical (unpaired) electrons. The predicted molar refractivity (Wildman–Crippen MR) is 76.1 cm³/mol. The monoisotopic (exact) mass is 294 g/mol. The number of halogens is 1. The van der Waals surface area contributed by atoms with Crippen molar-refractivity contribution in [2.24, 2.45) is 0 Å². The Labute approximate surface area is 122 Å². The second-order valence-corrected chi connectivity index (χ2v) is 4.53. The summed E-state index contributed by atoms with van der Waals surface area (Å²) in [6.07, 6.45) is 2.14. The summed E-state index contributed by atoms with van der Waals surface area (Å²) in [5.74, 6) is 1.39. The summed E-state index contributed by atoms with van der Waals surface area (Å²) in [4.78, 5) is 12.5. The van der Waals surface area contributed by atoms with E-state index in [0.717, 1.165) is 0 Å². The van der Waals surface area contributed by atoms with Gasteiger partial charge in [-0.2, -0.15) is 0 Å². The molecule has 0 fully saturated rings. The van der Waals surface area contributed by atoms with E-state index in [-0.39, 0.29) is 5.78 Å². The summed E-state index contributed by atoms with van der Waals surface area (Å²) in [6, 6.07) is 4.80. The van der Waals surface area contributed by atoms with Gasteiger partial charge in [0.15, 0.2) is 17.3 Å². The lowest BCUT2D eigenvalue weighted by Gasteiger charge is -2.11. The molecule has 2 rings (SSSR count). The van der Waals surface area contributed by atoms with Crippen LogP contribution in [-0.4, -0.2) is 20.0 Å². The van der Waals surface area contributed by atoms with Gasteiger partial charge in [0.2, 0.25) is 0 Å². The Morgan fingerprint density at radius 1 is 1.20 bits per heavy atom. The number of hydrogen-bond acceptors (Lipinski definition) is 4. The minimum Gasteiger partial charge on any atom is -0.493 e. The van der Waals surface area contributed by atoms with Gasteiger partial charge in [-0.15, -0.1) is 0 Å². The van der Waals surface area contributed by atoms with Crippen LogP contribution in [0.5, 0.6) is 11.5 Å². The molecule has 0 unspecified atom stereocenters. The highest BCUT2D eigenvalue weighted by Crippen LogP contribution is 2.34. The average Bonchev–Trinajstić information content (AvgIpc) is 2.94. The van der Waals surface area contributed by atoms with Crippen molar-refractivity contribution in [1.82, 2.24) is 0 Å². The molecule has 0 amide bonds. The van der Waals surface area contributed by atoms with Gasteiger partial charge in [0.1, 0.15) is 5.76 Å². The zero-order valence-corrected chi connectivity index (χ0v) is 12.3. The first kappa shape index (κ1) is 14.5. The minimum absolute atomic E-state index is 0.193. The van der Waals surface area contributed by atoms with Crippen LogP contribution >= 0.6 is 11.6 Å². The van der Waals surface area contributed by atoms with Crippen molar-refractivity contribution in [3.8, 4) is 11.5 Å². The van der Waals surface area contributed by atoms with E-state index in [1.165, 1.54) is 20.5 Å². The van der Waals surface area contributed by atoms with Crippen LogP contribution in [0.1, 0.15) is 28.6 Å². The Balaban J connectivity index is 2.50. The van der Waals surface area contributed by atoms with E-state index in [2.05, 4.69) is 0 Å². The highest BCUT2D eigenvalue weighted by molar-refractivity contribution is 6.35. The van der Waals surface area contributed by atoms with Crippen molar-refractivity contribution in [3.05, 3.63) is 46.4 Å². The van der Waals surface area contributed by atoms with Crippen molar-refractivity contribution in [3.63, 3.8) is 0 Å². The zero-order valence-electron chi connectivity index (χ0n) is 11.5. The van der Waals surface area contributed by atoms with E-state index in [1.807, 2.05) is 6.92 Å². The van der Waals surface area contributed by atoms with E-state index in [4.69, 9.17) is 25.5 Å². The Bertz CT molecular complexity index is 631. The molecule has 20 heavy (non-hydrogen) atoms. The summed E-state index contributed by atoms with van der Waals surface area (Å²) >= 11 is 6.16. The number of aryl methyl sites for hydroxylation is 1. The second-order valence-electron chi connectivity index (χ2n) is 4.13. The van der Waals surface area contributed by atoms with Crippen molar-refractivity contribution in [2.45, 2.75) is 13.3 Å². The fourth-order valence-corrected chi connectivity index (χ4v) is 2.23. The molecule has 5 heteroatoms. The van der Waals surface area contributed by atoms with Crippen molar-refractivity contribution in [2.75, 3.05) is 14.2 Å². The summed E-state index contributed by atoms with van der Waals surface area (Å²) in [5.41, 5.74) is 0.877. The number of methoxy groups -OCH3 is 2. The molecule has 1 aromatic carbocycles. The molecule has 0 atom stereocenters. The third-order valence-electron chi connectivity index (χ3n) is 3.03. The van der Waals surface area contributed by atoms with E-state index in [0.29, 0.717) is 39.8 Å². The number of carbonyl (C=O) groups is 1. The second kappa shape index (κ2) is 6.01. The molecule has 0 saturated carbocycles. The quantitative estimate of drug-likeness (QED) is 0.788. The maximum Gasteiger partial charge on any atom is 0.198 e. The van der Waals surface area contributed by atoms with Crippen molar-refractivity contribution in [1.29, 1.82) is 0 Å².